The third-order valence-electron chi connectivity index (χ3n) is 5.29. The van der Waals surface area contributed by atoms with Crippen molar-refractivity contribution in [1.29, 1.82) is 0 Å². The lowest BCUT2D eigenvalue weighted by molar-refractivity contribution is -0.122. The van der Waals surface area contributed by atoms with E-state index in [9.17, 15) is 4.79 Å². The molecule has 1 N–H and O–H groups in total. The van der Waals surface area contributed by atoms with Gasteiger partial charge < -0.3 is 5.32 Å². The van der Waals surface area contributed by atoms with Gasteiger partial charge in [0, 0.05) is 17.6 Å². The summed E-state index contributed by atoms with van der Waals surface area (Å²) < 4.78 is 1.58. The summed E-state index contributed by atoms with van der Waals surface area (Å²) >= 11 is 1.49. The number of rotatable bonds is 5. The Labute approximate surface area is 139 Å². The van der Waals surface area contributed by atoms with Crippen molar-refractivity contribution < 1.29 is 4.79 Å². The van der Waals surface area contributed by atoms with E-state index in [4.69, 9.17) is 0 Å². The van der Waals surface area contributed by atoms with Gasteiger partial charge in [-0.25, -0.2) is 14.6 Å². The monoisotopic (exact) mass is 331 g/mol. The molecule has 2 saturated carbocycles. The Morgan fingerprint density at radius 2 is 2.35 bits per heavy atom. The van der Waals surface area contributed by atoms with E-state index in [-0.39, 0.29) is 18.5 Å². The molecule has 0 spiro atoms. The molecule has 122 valence electrons. The quantitative estimate of drug-likeness (QED) is 0.913. The lowest BCUT2D eigenvalue weighted by Gasteiger charge is -2.28. The van der Waals surface area contributed by atoms with Crippen molar-refractivity contribution in [1.82, 2.24) is 25.1 Å². The number of nitrogens with zero attached hydrogens (tertiary/aromatic N) is 4. The minimum Gasteiger partial charge on any atom is -0.352 e. The minimum absolute atomic E-state index is 0.0101. The van der Waals surface area contributed by atoms with Crippen LogP contribution in [0.2, 0.25) is 0 Å². The molecule has 2 heterocycles. The van der Waals surface area contributed by atoms with Crippen LogP contribution in [0.5, 0.6) is 0 Å². The van der Waals surface area contributed by atoms with Crippen LogP contribution in [0.15, 0.2) is 17.9 Å². The van der Waals surface area contributed by atoms with Crippen molar-refractivity contribution in [2.24, 2.45) is 17.8 Å². The zero-order valence-corrected chi connectivity index (χ0v) is 14.0. The van der Waals surface area contributed by atoms with Gasteiger partial charge in [-0.05, 0) is 43.9 Å². The van der Waals surface area contributed by atoms with E-state index >= 15 is 0 Å². The SMILES string of the molecule is C[C@@H](NC(=O)Cn1cnc(-c2nccs2)n1)[C@@H]1C[C@H]2CC[C@H]1C2. The summed E-state index contributed by atoms with van der Waals surface area (Å²) in [6, 6.07) is 0.250. The molecule has 2 aromatic heterocycles. The molecule has 2 aliphatic carbocycles. The maximum atomic E-state index is 12.3. The first-order chi connectivity index (χ1) is 11.2. The summed E-state index contributed by atoms with van der Waals surface area (Å²) in [4.78, 5) is 20.7. The summed E-state index contributed by atoms with van der Waals surface area (Å²) in [7, 11) is 0. The molecular formula is C16H21N5OS. The lowest BCUT2D eigenvalue weighted by Crippen LogP contribution is -2.41. The molecule has 0 unspecified atom stereocenters. The van der Waals surface area contributed by atoms with Gasteiger partial charge in [0.05, 0.1) is 0 Å². The van der Waals surface area contributed by atoms with E-state index < -0.39 is 0 Å². The molecule has 4 rings (SSSR count). The zero-order chi connectivity index (χ0) is 15.8. The summed E-state index contributed by atoms with van der Waals surface area (Å²) in [5.74, 6) is 2.96. The highest BCUT2D eigenvalue weighted by molar-refractivity contribution is 7.12. The van der Waals surface area contributed by atoms with Crippen LogP contribution in [-0.4, -0.2) is 31.7 Å². The van der Waals surface area contributed by atoms with Crippen LogP contribution in [0.1, 0.15) is 32.6 Å². The molecule has 0 saturated heterocycles. The van der Waals surface area contributed by atoms with Gasteiger partial charge in [0.25, 0.3) is 0 Å². The largest absolute Gasteiger partial charge is 0.352 e. The van der Waals surface area contributed by atoms with Crippen LogP contribution in [-0.2, 0) is 11.3 Å². The maximum Gasteiger partial charge on any atom is 0.242 e. The van der Waals surface area contributed by atoms with Crippen LogP contribution < -0.4 is 5.32 Å². The van der Waals surface area contributed by atoms with Gasteiger partial charge in [-0.15, -0.1) is 16.4 Å². The van der Waals surface area contributed by atoms with Gasteiger partial charge in [0.2, 0.25) is 11.7 Å². The van der Waals surface area contributed by atoms with Gasteiger partial charge in [0.1, 0.15) is 12.9 Å². The van der Waals surface area contributed by atoms with Crippen LogP contribution in [0.25, 0.3) is 10.8 Å². The second kappa shape index (κ2) is 6.03. The predicted molar refractivity (Wildman–Crippen MR) is 87.7 cm³/mol. The van der Waals surface area contributed by atoms with Crippen LogP contribution in [0.3, 0.4) is 0 Å². The van der Waals surface area contributed by atoms with Crippen molar-refractivity contribution in [3.8, 4) is 10.8 Å². The minimum atomic E-state index is 0.0101. The molecule has 2 aliphatic rings. The first kappa shape index (κ1) is 14.8. The lowest BCUT2D eigenvalue weighted by atomic mass is 9.84. The van der Waals surface area contributed by atoms with E-state index in [1.54, 1.807) is 17.2 Å². The molecule has 7 heteroatoms. The molecule has 6 nitrogen and oxygen atoms in total. The number of carbonyl (C=O) groups excluding carboxylic acids is 1. The number of aromatic nitrogens is 4. The Balaban J connectivity index is 1.33. The van der Waals surface area contributed by atoms with E-state index in [0.29, 0.717) is 11.7 Å². The summed E-state index contributed by atoms with van der Waals surface area (Å²) in [5, 5.41) is 10.2. The number of carbonyl (C=O) groups is 1. The number of hydrogen-bond donors (Lipinski definition) is 1. The van der Waals surface area contributed by atoms with E-state index in [1.807, 2.05) is 5.38 Å². The number of thiazole rings is 1. The molecule has 2 bridgehead atoms. The first-order valence-electron chi connectivity index (χ1n) is 8.27. The molecule has 1 amide bonds. The molecule has 4 atom stereocenters. The van der Waals surface area contributed by atoms with E-state index in [2.05, 4.69) is 27.3 Å². The molecule has 0 aliphatic heterocycles. The van der Waals surface area contributed by atoms with Crippen LogP contribution in [0, 0.1) is 17.8 Å². The fourth-order valence-electron chi connectivity index (χ4n) is 4.26. The molecule has 0 aromatic carbocycles. The smallest absolute Gasteiger partial charge is 0.242 e. The van der Waals surface area contributed by atoms with Gasteiger partial charge in [-0.3, -0.25) is 4.79 Å². The van der Waals surface area contributed by atoms with E-state index in [0.717, 1.165) is 16.8 Å². The van der Waals surface area contributed by atoms with Crippen LogP contribution in [0.4, 0.5) is 0 Å². The van der Waals surface area contributed by atoms with Crippen molar-refractivity contribution in [2.45, 2.75) is 45.2 Å². The van der Waals surface area contributed by atoms with Crippen molar-refractivity contribution in [3.63, 3.8) is 0 Å². The molecule has 2 aromatic rings. The number of fused-ring (bicyclic) bond motifs is 2. The second-order valence-corrected chi connectivity index (χ2v) is 7.69. The highest BCUT2D eigenvalue weighted by Crippen LogP contribution is 2.49. The van der Waals surface area contributed by atoms with Gasteiger partial charge >= 0.3 is 0 Å². The topological polar surface area (TPSA) is 72.7 Å². The summed E-state index contributed by atoms with van der Waals surface area (Å²) in [5.41, 5.74) is 0. The van der Waals surface area contributed by atoms with Gasteiger partial charge in [0.15, 0.2) is 5.01 Å². The maximum absolute atomic E-state index is 12.3. The Bertz CT molecular complexity index is 682. The van der Waals surface area contributed by atoms with Gasteiger partial charge in [-0.1, -0.05) is 6.42 Å². The van der Waals surface area contributed by atoms with E-state index in [1.165, 1.54) is 37.0 Å². The van der Waals surface area contributed by atoms with Gasteiger partial charge in [-0.2, -0.15) is 0 Å². The third-order valence-corrected chi connectivity index (χ3v) is 6.06. The molecule has 0 radical (unpaired) electrons. The highest BCUT2D eigenvalue weighted by atomic mass is 32.1. The Hall–Kier alpha value is -1.76. The summed E-state index contributed by atoms with van der Waals surface area (Å²) in [6.07, 6.45) is 8.70. The second-order valence-electron chi connectivity index (χ2n) is 6.80. The fraction of sp³-hybridized carbons (Fsp3) is 0.625. The summed E-state index contributed by atoms with van der Waals surface area (Å²) in [6.45, 7) is 2.36. The average molecular weight is 331 g/mol. The average Bonchev–Trinajstić information content (AvgIpc) is 3.30. The number of hydrogen-bond acceptors (Lipinski definition) is 5. The number of amides is 1. The zero-order valence-electron chi connectivity index (χ0n) is 13.2. The van der Waals surface area contributed by atoms with Crippen molar-refractivity contribution in [2.75, 3.05) is 0 Å². The Kier molecular flexibility index (Phi) is 3.88. The normalized spacial score (nSPS) is 27.3. The standard InChI is InChI=1S/C16H21N5OS/c1-10(13-7-11-2-3-12(13)6-11)19-14(22)8-21-9-18-15(20-21)16-17-4-5-23-16/h4-5,9-13H,2-3,6-8H2,1H3,(H,19,22)/t10-,11+,12+,13+/m1/s1. The molecule has 2 fully saturated rings. The Morgan fingerprint density at radius 1 is 1.43 bits per heavy atom. The number of nitrogens with one attached hydrogen (secondary N) is 1. The van der Waals surface area contributed by atoms with Crippen LogP contribution >= 0.6 is 11.3 Å². The van der Waals surface area contributed by atoms with Crippen molar-refractivity contribution >= 4 is 17.2 Å². The highest BCUT2D eigenvalue weighted by Gasteiger charge is 2.42. The fourth-order valence-corrected chi connectivity index (χ4v) is 4.83. The first-order valence-corrected chi connectivity index (χ1v) is 9.15. The van der Waals surface area contributed by atoms with Crippen molar-refractivity contribution in [3.05, 3.63) is 17.9 Å². The predicted octanol–water partition coefficient (Wildman–Crippen LogP) is 2.34. The molecular weight excluding hydrogens is 310 g/mol. The molecule has 23 heavy (non-hydrogen) atoms. The third kappa shape index (κ3) is 3.02. The Morgan fingerprint density at radius 3 is 3.04 bits per heavy atom.